The van der Waals surface area contributed by atoms with Crippen molar-refractivity contribution in [2.24, 2.45) is 10.9 Å². The zero-order valence-corrected chi connectivity index (χ0v) is 11.3. The van der Waals surface area contributed by atoms with E-state index in [-0.39, 0.29) is 5.84 Å². The van der Waals surface area contributed by atoms with Gasteiger partial charge in [-0.25, -0.2) is 0 Å². The molecule has 6 heteroatoms. The molecule has 0 spiro atoms. The highest BCUT2D eigenvalue weighted by molar-refractivity contribution is 5.97. The first-order chi connectivity index (χ1) is 9.22. The van der Waals surface area contributed by atoms with Crippen LogP contribution in [0.5, 0.6) is 5.75 Å². The van der Waals surface area contributed by atoms with E-state index in [1.165, 1.54) is 0 Å². The summed E-state index contributed by atoms with van der Waals surface area (Å²) >= 11 is 0. The van der Waals surface area contributed by atoms with Crippen LogP contribution in [0.3, 0.4) is 0 Å². The fourth-order valence-electron chi connectivity index (χ4n) is 1.65. The van der Waals surface area contributed by atoms with Gasteiger partial charge in [-0.15, -0.1) is 0 Å². The van der Waals surface area contributed by atoms with Crippen LogP contribution in [-0.4, -0.2) is 37.9 Å². The van der Waals surface area contributed by atoms with Gasteiger partial charge in [-0.2, -0.15) is 0 Å². The summed E-state index contributed by atoms with van der Waals surface area (Å²) in [6, 6.07) is 5.38. The predicted octanol–water partition coefficient (Wildman–Crippen LogP) is 0.916. The van der Waals surface area contributed by atoms with Crippen molar-refractivity contribution in [2.75, 3.05) is 26.9 Å². The number of nitrogens with two attached hydrogens (primary N) is 1. The fraction of sp³-hybridized carbons (Fsp3) is 0.462. The molecule has 0 fully saturated rings. The van der Waals surface area contributed by atoms with E-state index in [0.717, 1.165) is 17.9 Å². The number of rotatable bonds is 8. The van der Waals surface area contributed by atoms with Gasteiger partial charge in [-0.1, -0.05) is 5.16 Å². The largest absolute Gasteiger partial charge is 0.496 e. The molecule has 0 aromatic heterocycles. The van der Waals surface area contributed by atoms with Gasteiger partial charge in [-0.05, 0) is 25.1 Å². The lowest BCUT2D eigenvalue weighted by molar-refractivity contribution is 0.149. The Balaban J connectivity index is 2.68. The van der Waals surface area contributed by atoms with Crippen molar-refractivity contribution in [3.8, 4) is 5.75 Å². The SMILES string of the molecule is CCOCCNCc1cc(/C(N)=N/O)ccc1OC. The van der Waals surface area contributed by atoms with E-state index in [9.17, 15) is 0 Å². The van der Waals surface area contributed by atoms with Gasteiger partial charge in [0.25, 0.3) is 0 Å². The standard InChI is InChI=1S/C13H21N3O3/c1-3-19-7-6-15-9-11-8-10(13(14)16-17)4-5-12(11)18-2/h4-5,8,15,17H,3,6-7,9H2,1-2H3,(H2,14,16). The van der Waals surface area contributed by atoms with Crippen molar-refractivity contribution in [3.05, 3.63) is 29.3 Å². The maximum absolute atomic E-state index is 8.68. The van der Waals surface area contributed by atoms with Crippen molar-refractivity contribution >= 4 is 5.84 Å². The molecule has 0 atom stereocenters. The summed E-state index contributed by atoms with van der Waals surface area (Å²) in [4.78, 5) is 0. The molecular formula is C13H21N3O3. The van der Waals surface area contributed by atoms with Crippen LogP contribution in [-0.2, 0) is 11.3 Å². The molecule has 0 heterocycles. The molecule has 0 saturated heterocycles. The molecule has 0 unspecified atom stereocenters. The summed E-state index contributed by atoms with van der Waals surface area (Å²) in [6.45, 7) is 4.72. The number of amidine groups is 1. The molecule has 0 bridgehead atoms. The van der Waals surface area contributed by atoms with Crippen LogP contribution in [0.25, 0.3) is 0 Å². The maximum Gasteiger partial charge on any atom is 0.170 e. The van der Waals surface area contributed by atoms with Crippen LogP contribution in [0.4, 0.5) is 0 Å². The third-order valence-corrected chi connectivity index (χ3v) is 2.63. The average molecular weight is 267 g/mol. The molecular weight excluding hydrogens is 246 g/mol. The van der Waals surface area contributed by atoms with Crippen molar-refractivity contribution in [3.63, 3.8) is 0 Å². The normalized spacial score (nSPS) is 11.6. The smallest absolute Gasteiger partial charge is 0.170 e. The Kier molecular flexibility index (Phi) is 6.70. The van der Waals surface area contributed by atoms with E-state index in [1.807, 2.05) is 13.0 Å². The van der Waals surface area contributed by atoms with Gasteiger partial charge in [0.15, 0.2) is 5.84 Å². The van der Waals surface area contributed by atoms with E-state index >= 15 is 0 Å². The summed E-state index contributed by atoms with van der Waals surface area (Å²) < 4.78 is 10.5. The first-order valence-corrected chi connectivity index (χ1v) is 6.16. The van der Waals surface area contributed by atoms with Crippen molar-refractivity contribution in [2.45, 2.75) is 13.5 Å². The number of hydrogen-bond donors (Lipinski definition) is 3. The molecule has 106 valence electrons. The quantitative estimate of drug-likeness (QED) is 0.214. The lowest BCUT2D eigenvalue weighted by Crippen LogP contribution is -2.20. The summed E-state index contributed by atoms with van der Waals surface area (Å²) in [5.74, 6) is 0.844. The van der Waals surface area contributed by atoms with Crippen molar-refractivity contribution in [1.29, 1.82) is 0 Å². The van der Waals surface area contributed by atoms with Crippen LogP contribution < -0.4 is 15.8 Å². The minimum Gasteiger partial charge on any atom is -0.496 e. The van der Waals surface area contributed by atoms with E-state index in [4.69, 9.17) is 20.4 Å². The number of nitrogens with one attached hydrogen (secondary N) is 1. The van der Waals surface area contributed by atoms with Crippen LogP contribution >= 0.6 is 0 Å². The molecule has 0 radical (unpaired) electrons. The highest BCUT2D eigenvalue weighted by Gasteiger charge is 2.06. The zero-order valence-electron chi connectivity index (χ0n) is 11.3. The van der Waals surface area contributed by atoms with Crippen molar-refractivity contribution < 1.29 is 14.7 Å². The number of nitrogens with zero attached hydrogens (tertiary/aromatic N) is 1. The number of benzene rings is 1. The maximum atomic E-state index is 8.68. The molecule has 0 aliphatic carbocycles. The molecule has 1 aromatic carbocycles. The summed E-state index contributed by atoms with van der Waals surface area (Å²) in [7, 11) is 1.61. The van der Waals surface area contributed by atoms with Gasteiger partial charge in [0.05, 0.1) is 13.7 Å². The number of oxime groups is 1. The predicted molar refractivity (Wildman–Crippen MR) is 73.7 cm³/mol. The van der Waals surface area contributed by atoms with Crippen LogP contribution in [0.2, 0.25) is 0 Å². The topological polar surface area (TPSA) is 89.1 Å². The van der Waals surface area contributed by atoms with E-state index in [1.54, 1.807) is 19.2 Å². The second-order valence-electron chi connectivity index (χ2n) is 3.89. The molecule has 1 aromatic rings. The highest BCUT2D eigenvalue weighted by atomic mass is 16.5. The Bertz CT molecular complexity index is 422. The van der Waals surface area contributed by atoms with Crippen LogP contribution in [0.1, 0.15) is 18.1 Å². The fourth-order valence-corrected chi connectivity index (χ4v) is 1.65. The summed E-state index contributed by atoms with van der Waals surface area (Å²) in [6.07, 6.45) is 0. The van der Waals surface area contributed by atoms with Gasteiger partial charge in [0.2, 0.25) is 0 Å². The third kappa shape index (κ3) is 4.76. The Hall–Kier alpha value is -1.79. The zero-order chi connectivity index (χ0) is 14.1. The molecule has 0 aliphatic rings. The Morgan fingerprint density at radius 3 is 2.89 bits per heavy atom. The molecule has 0 amide bonds. The van der Waals surface area contributed by atoms with Crippen LogP contribution in [0, 0.1) is 0 Å². The second-order valence-corrected chi connectivity index (χ2v) is 3.89. The second kappa shape index (κ2) is 8.34. The Morgan fingerprint density at radius 2 is 2.26 bits per heavy atom. The van der Waals surface area contributed by atoms with Gasteiger partial charge >= 0.3 is 0 Å². The first-order valence-electron chi connectivity index (χ1n) is 6.16. The van der Waals surface area contributed by atoms with Crippen molar-refractivity contribution in [1.82, 2.24) is 5.32 Å². The molecule has 0 aliphatic heterocycles. The lowest BCUT2D eigenvalue weighted by atomic mass is 10.1. The molecule has 4 N–H and O–H groups in total. The molecule has 1 rings (SSSR count). The number of ether oxygens (including phenoxy) is 2. The Morgan fingerprint density at radius 1 is 1.47 bits per heavy atom. The van der Waals surface area contributed by atoms with E-state index in [2.05, 4.69) is 10.5 Å². The molecule has 6 nitrogen and oxygen atoms in total. The van der Waals surface area contributed by atoms with E-state index in [0.29, 0.717) is 25.3 Å². The first kappa shape index (κ1) is 15.3. The molecule has 19 heavy (non-hydrogen) atoms. The summed E-state index contributed by atoms with van der Waals surface area (Å²) in [5.41, 5.74) is 7.17. The third-order valence-electron chi connectivity index (χ3n) is 2.63. The van der Waals surface area contributed by atoms with Gasteiger partial charge in [0.1, 0.15) is 5.75 Å². The summed E-state index contributed by atoms with van der Waals surface area (Å²) in [5, 5.41) is 14.9. The Labute approximate surface area is 113 Å². The number of methoxy groups -OCH3 is 1. The van der Waals surface area contributed by atoms with Crippen LogP contribution in [0.15, 0.2) is 23.4 Å². The average Bonchev–Trinajstić information content (AvgIpc) is 2.46. The molecule has 0 saturated carbocycles. The van der Waals surface area contributed by atoms with Gasteiger partial charge in [0, 0.05) is 30.8 Å². The minimum atomic E-state index is 0.0817. The monoisotopic (exact) mass is 267 g/mol. The van der Waals surface area contributed by atoms with Gasteiger partial charge in [-0.3, -0.25) is 0 Å². The highest BCUT2D eigenvalue weighted by Crippen LogP contribution is 2.19. The lowest BCUT2D eigenvalue weighted by Gasteiger charge is -2.11. The number of hydrogen-bond acceptors (Lipinski definition) is 5. The van der Waals surface area contributed by atoms with Gasteiger partial charge < -0.3 is 25.7 Å². The van der Waals surface area contributed by atoms with E-state index < -0.39 is 0 Å². The minimum absolute atomic E-state index is 0.0817.